The lowest BCUT2D eigenvalue weighted by Gasteiger charge is -2.72. The second kappa shape index (κ2) is 7.45. The van der Waals surface area contributed by atoms with E-state index in [4.69, 9.17) is 4.74 Å². The van der Waals surface area contributed by atoms with E-state index < -0.39 is 0 Å². The molecule has 0 bridgehead atoms. The predicted octanol–water partition coefficient (Wildman–Crippen LogP) is 7.39. The molecule has 0 amide bonds. The Labute approximate surface area is 207 Å². The summed E-state index contributed by atoms with van der Waals surface area (Å²) in [5, 5.41) is 0. The summed E-state index contributed by atoms with van der Waals surface area (Å²) in [5.74, 6) is 3.01. The lowest BCUT2D eigenvalue weighted by atomic mass is 9.32. The molecule has 190 valence electrons. The summed E-state index contributed by atoms with van der Waals surface area (Å²) >= 11 is 0. The number of allylic oxidation sites excluding steroid dienone is 1. The number of hydrogen-bond donors (Lipinski definition) is 0. The van der Waals surface area contributed by atoms with Crippen molar-refractivity contribution in [3.8, 4) is 0 Å². The summed E-state index contributed by atoms with van der Waals surface area (Å²) in [6, 6.07) is 0. The summed E-state index contributed by atoms with van der Waals surface area (Å²) < 4.78 is 5.49. The largest absolute Gasteiger partial charge is 0.469 e. The number of rotatable bonds is 2. The van der Waals surface area contributed by atoms with Crippen LogP contribution in [0.15, 0.2) is 12.2 Å². The smallest absolute Gasteiger partial charge is 0.312 e. The van der Waals surface area contributed by atoms with Gasteiger partial charge in [0.1, 0.15) is 5.78 Å². The molecular weight excluding hydrogens is 420 g/mol. The fourth-order valence-electron chi connectivity index (χ4n) is 11.5. The molecule has 5 aliphatic rings. The minimum Gasteiger partial charge on any atom is -0.469 e. The third-order valence-corrected chi connectivity index (χ3v) is 13.4. The molecular formula is C31H48O3. The average Bonchev–Trinajstić information content (AvgIpc) is 3.18. The van der Waals surface area contributed by atoms with E-state index >= 15 is 0 Å². The van der Waals surface area contributed by atoms with Crippen molar-refractivity contribution in [1.29, 1.82) is 0 Å². The number of fused-ring (bicyclic) bond motifs is 7. The first kappa shape index (κ1) is 24.6. The van der Waals surface area contributed by atoms with E-state index in [0.29, 0.717) is 35.4 Å². The van der Waals surface area contributed by atoms with Crippen LogP contribution in [0.4, 0.5) is 0 Å². The zero-order chi connectivity index (χ0) is 24.9. The number of hydrogen-bond acceptors (Lipinski definition) is 3. The third kappa shape index (κ3) is 2.76. The predicted molar refractivity (Wildman–Crippen MR) is 136 cm³/mol. The van der Waals surface area contributed by atoms with Crippen LogP contribution in [0.5, 0.6) is 0 Å². The van der Waals surface area contributed by atoms with Crippen LogP contribution in [0, 0.1) is 56.7 Å². The van der Waals surface area contributed by atoms with Crippen molar-refractivity contribution in [3.63, 3.8) is 0 Å². The zero-order valence-corrected chi connectivity index (χ0v) is 22.9. The molecule has 0 unspecified atom stereocenters. The van der Waals surface area contributed by atoms with Crippen molar-refractivity contribution in [3.05, 3.63) is 12.2 Å². The molecule has 5 aliphatic carbocycles. The van der Waals surface area contributed by atoms with Crippen LogP contribution in [0.25, 0.3) is 0 Å². The van der Waals surface area contributed by atoms with Crippen molar-refractivity contribution in [2.24, 2.45) is 56.7 Å². The lowest BCUT2D eigenvalue weighted by Crippen LogP contribution is -2.66. The van der Waals surface area contributed by atoms with E-state index in [9.17, 15) is 9.59 Å². The highest BCUT2D eigenvalue weighted by Crippen LogP contribution is 2.77. The fourth-order valence-corrected chi connectivity index (χ4v) is 11.5. The highest BCUT2D eigenvalue weighted by Gasteiger charge is 2.72. The van der Waals surface area contributed by atoms with E-state index in [1.54, 1.807) is 7.11 Å². The quantitative estimate of drug-likeness (QED) is 0.313. The minimum atomic E-state index is -0.313. The van der Waals surface area contributed by atoms with Gasteiger partial charge in [0.25, 0.3) is 0 Å². The van der Waals surface area contributed by atoms with Crippen molar-refractivity contribution in [2.45, 2.75) is 106 Å². The van der Waals surface area contributed by atoms with Gasteiger partial charge in [-0.05, 0) is 111 Å². The molecule has 3 heteroatoms. The topological polar surface area (TPSA) is 43.4 Å². The standard InChI is InChI=1S/C31H48O3/c1-19(2)20-11-16-31(26(33)34-8)18-17-29(6)21(25(20)31)9-10-23-28(5)14-13-24(32)27(3,4)22(28)12-15-30(23,29)7/h20-23,25H,1,9-18H2,2-8H3/t20-,21-,22+,23+,25+,28-,29+,30+,31-/m0/s1. The maximum absolute atomic E-state index is 13.3. The number of carbonyl (C=O) groups excluding carboxylic acids is 2. The van der Waals surface area contributed by atoms with Crippen molar-refractivity contribution < 1.29 is 14.3 Å². The Kier molecular flexibility index (Phi) is 5.38. The minimum absolute atomic E-state index is 0.0405. The van der Waals surface area contributed by atoms with Gasteiger partial charge in [0.2, 0.25) is 0 Å². The number of Topliss-reactive ketones (excluding diaryl/α,β-unsaturated/α-hetero) is 1. The number of methoxy groups -OCH3 is 1. The van der Waals surface area contributed by atoms with Gasteiger partial charge in [0, 0.05) is 11.8 Å². The molecule has 9 atom stereocenters. The third-order valence-electron chi connectivity index (χ3n) is 13.4. The molecule has 0 saturated heterocycles. The van der Waals surface area contributed by atoms with Gasteiger partial charge in [0.05, 0.1) is 12.5 Å². The Hall–Kier alpha value is -1.12. The monoisotopic (exact) mass is 468 g/mol. The van der Waals surface area contributed by atoms with Gasteiger partial charge >= 0.3 is 5.97 Å². The van der Waals surface area contributed by atoms with E-state index in [-0.39, 0.29) is 33.0 Å². The summed E-state index contributed by atoms with van der Waals surface area (Å²) in [6.07, 6.45) is 10.8. The molecule has 5 saturated carbocycles. The molecule has 3 nitrogen and oxygen atoms in total. The molecule has 0 aromatic heterocycles. The number of carbonyl (C=O) groups is 2. The van der Waals surface area contributed by atoms with Gasteiger partial charge in [-0.1, -0.05) is 46.8 Å². The average molecular weight is 469 g/mol. The van der Waals surface area contributed by atoms with Gasteiger partial charge in [0.15, 0.2) is 0 Å². The molecule has 0 radical (unpaired) electrons. The van der Waals surface area contributed by atoms with Crippen molar-refractivity contribution in [2.75, 3.05) is 7.11 Å². The summed E-state index contributed by atoms with van der Waals surface area (Å²) in [5.41, 5.74) is 1.45. The van der Waals surface area contributed by atoms with E-state index in [0.717, 1.165) is 38.5 Å². The van der Waals surface area contributed by atoms with Crippen LogP contribution in [0.3, 0.4) is 0 Å². The molecule has 0 aromatic carbocycles. The van der Waals surface area contributed by atoms with Crippen LogP contribution in [-0.4, -0.2) is 18.9 Å². The highest BCUT2D eigenvalue weighted by atomic mass is 16.5. The van der Waals surface area contributed by atoms with Crippen LogP contribution in [0.2, 0.25) is 0 Å². The molecule has 0 N–H and O–H groups in total. The Morgan fingerprint density at radius 2 is 1.59 bits per heavy atom. The van der Waals surface area contributed by atoms with E-state index in [1.807, 2.05) is 0 Å². The molecule has 0 aliphatic heterocycles. The van der Waals surface area contributed by atoms with Crippen LogP contribution in [-0.2, 0) is 14.3 Å². The van der Waals surface area contributed by atoms with Crippen molar-refractivity contribution >= 4 is 11.8 Å². The van der Waals surface area contributed by atoms with Gasteiger partial charge < -0.3 is 4.74 Å². The van der Waals surface area contributed by atoms with Gasteiger partial charge in [-0.15, -0.1) is 0 Å². The Bertz CT molecular complexity index is 918. The molecule has 0 spiro atoms. The Balaban J connectivity index is 1.57. The normalized spacial score (nSPS) is 51.5. The van der Waals surface area contributed by atoms with Gasteiger partial charge in [-0.2, -0.15) is 0 Å². The second-order valence-corrected chi connectivity index (χ2v) is 14.5. The van der Waals surface area contributed by atoms with Crippen LogP contribution < -0.4 is 0 Å². The maximum atomic E-state index is 13.3. The number of esters is 1. The summed E-state index contributed by atoms with van der Waals surface area (Å²) in [6.45, 7) is 18.8. The number of ketones is 1. The fraction of sp³-hybridized carbons (Fsp3) is 0.871. The second-order valence-electron chi connectivity index (χ2n) is 14.5. The first-order chi connectivity index (χ1) is 15.8. The highest BCUT2D eigenvalue weighted by molar-refractivity contribution is 5.85. The first-order valence-corrected chi connectivity index (χ1v) is 14.1. The SMILES string of the molecule is C=C(C)[C@@H]1CC[C@]2(C(=O)OC)CC[C@]3(C)[C@@H](CC[C@@H]4[C@@]5(C)CCC(=O)C(C)(C)[C@H]5CC[C@]43C)[C@@H]12. The lowest BCUT2D eigenvalue weighted by molar-refractivity contribution is -0.235. The number of ether oxygens (including phenoxy) is 1. The van der Waals surface area contributed by atoms with E-state index in [2.05, 4.69) is 48.1 Å². The van der Waals surface area contributed by atoms with Crippen LogP contribution in [0.1, 0.15) is 106 Å². The van der Waals surface area contributed by atoms with Gasteiger partial charge in [-0.3, -0.25) is 9.59 Å². The molecule has 5 rings (SSSR count). The molecule has 0 aromatic rings. The Morgan fingerprint density at radius 3 is 2.24 bits per heavy atom. The zero-order valence-electron chi connectivity index (χ0n) is 22.9. The first-order valence-electron chi connectivity index (χ1n) is 14.1. The molecule has 34 heavy (non-hydrogen) atoms. The van der Waals surface area contributed by atoms with Crippen LogP contribution >= 0.6 is 0 Å². The van der Waals surface area contributed by atoms with Gasteiger partial charge in [-0.25, -0.2) is 0 Å². The van der Waals surface area contributed by atoms with Crippen molar-refractivity contribution in [1.82, 2.24) is 0 Å². The molecule has 0 heterocycles. The molecule has 5 fully saturated rings. The summed E-state index contributed by atoms with van der Waals surface area (Å²) in [4.78, 5) is 26.3. The summed E-state index contributed by atoms with van der Waals surface area (Å²) in [7, 11) is 1.59. The maximum Gasteiger partial charge on any atom is 0.312 e. The Morgan fingerprint density at radius 1 is 0.882 bits per heavy atom. The van der Waals surface area contributed by atoms with E-state index in [1.165, 1.54) is 31.3 Å².